The second kappa shape index (κ2) is 7.64. The zero-order valence-corrected chi connectivity index (χ0v) is 10.7. The van der Waals surface area contributed by atoms with Gasteiger partial charge in [-0.15, -0.1) is 12.4 Å². The first-order chi connectivity index (χ1) is 7.86. The van der Waals surface area contributed by atoms with Crippen LogP contribution in [0, 0.1) is 11.7 Å². The zero-order valence-electron chi connectivity index (χ0n) is 9.92. The Balaban J connectivity index is 0.00000144. The SMILES string of the molecule is Cl.Fc1ccccc1CNCC1CCNCC1. The molecule has 0 unspecified atom stereocenters. The van der Waals surface area contributed by atoms with Gasteiger partial charge in [0.25, 0.3) is 0 Å². The molecule has 0 bridgehead atoms. The average Bonchev–Trinajstić information content (AvgIpc) is 2.33. The highest BCUT2D eigenvalue weighted by atomic mass is 35.5. The highest BCUT2D eigenvalue weighted by Crippen LogP contribution is 2.11. The summed E-state index contributed by atoms with van der Waals surface area (Å²) >= 11 is 0. The Labute approximate surface area is 108 Å². The van der Waals surface area contributed by atoms with E-state index in [9.17, 15) is 4.39 Å². The number of rotatable bonds is 4. The van der Waals surface area contributed by atoms with Gasteiger partial charge < -0.3 is 10.6 Å². The molecule has 1 aliphatic rings. The fourth-order valence-corrected chi connectivity index (χ4v) is 2.14. The molecular formula is C13H20ClFN2. The standard InChI is InChI=1S/C13H19FN2.ClH/c14-13-4-2-1-3-12(13)10-16-9-11-5-7-15-8-6-11;/h1-4,11,15-16H,5-10H2;1H. The van der Waals surface area contributed by atoms with E-state index in [4.69, 9.17) is 0 Å². The highest BCUT2D eigenvalue weighted by molar-refractivity contribution is 5.85. The fraction of sp³-hybridized carbons (Fsp3) is 0.538. The molecule has 1 aromatic carbocycles. The van der Waals surface area contributed by atoms with E-state index in [-0.39, 0.29) is 18.2 Å². The molecule has 0 radical (unpaired) electrons. The molecule has 1 aliphatic heterocycles. The first-order valence-electron chi connectivity index (χ1n) is 6.01. The van der Waals surface area contributed by atoms with Crippen molar-refractivity contribution in [2.75, 3.05) is 19.6 Å². The third kappa shape index (κ3) is 4.62. The first kappa shape index (κ1) is 14.4. The first-order valence-corrected chi connectivity index (χ1v) is 6.01. The number of nitrogens with one attached hydrogen (secondary N) is 2. The van der Waals surface area contributed by atoms with Crippen LogP contribution in [-0.2, 0) is 6.54 Å². The molecule has 1 aromatic rings. The molecule has 0 amide bonds. The summed E-state index contributed by atoms with van der Waals surface area (Å²) in [5, 5.41) is 6.69. The lowest BCUT2D eigenvalue weighted by Crippen LogP contribution is -2.33. The quantitative estimate of drug-likeness (QED) is 0.866. The van der Waals surface area contributed by atoms with Gasteiger partial charge in [-0.3, -0.25) is 0 Å². The molecule has 1 fully saturated rings. The Bertz CT molecular complexity index is 327. The van der Waals surface area contributed by atoms with E-state index in [1.165, 1.54) is 18.9 Å². The van der Waals surface area contributed by atoms with E-state index in [2.05, 4.69) is 10.6 Å². The minimum absolute atomic E-state index is 0. The van der Waals surface area contributed by atoms with E-state index in [1.807, 2.05) is 12.1 Å². The topological polar surface area (TPSA) is 24.1 Å². The van der Waals surface area contributed by atoms with Crippen LogP contribution in [0.25, 0.3) is 0 Å². The van der Waals surface area contributed by atoms with Crippen molar-refractivity contribution in [1.82, 2.24) is 10.6 Å². The van der Waals surface area contributed by atoms with Crippen molar-refractivity contribution >= 4 is 12.4 Å². The second-order valence-corrected chi connectivity index (χ2v) is 4.42. The monoisotopic (exact) mass is 258 g/mol. The number of benzene rings is 1. The van der Waals surface area contributed by atoms with Gasteiger partial charge >= 0.3 is 0 Å². The van der Waals surface area contributed by atoms with Crippen molar-refractivity contribution in [1.29, 1.82) is 0 Å². The molecule has 0 spiro atoms. The summed E-state index contributed by atoms with van der Waals surface area (Å²) in [6.07, 6.45) is 2.45. The van der Waals surface area contributed by atoms with Gasteiger partial charge in [-0.2, -0.15) is 0 Å². The van der Waals surface area contributed by atoms with Gasteiger partial charge in [0.2, 0.25) is 0 Å². The van der Waals surface area contributed by atoms with E-state index in [0.717, 1.165) is 31.1 Å². The smallest absolute Gasteiger partial charge is 0.127 e. The van der Waals surface area contributed by atoms with Crippen LogP contribution >= 0.6 is 12.4 Å². The molecule has 2 nitrogen and oxygen atoms in total. The molecular weight excluding hydrogens is 239 g/mol. The predicted octanol–water partition coefficient (Wildman–Crippen LogP) is 2.34. The van der Waals surface area contributed by atoms with Gasteiger partial charge in [-0.05, 0) is 44.5 Å². The van der Waals surface area contributed by atoms with E-state index in [1.54, 1.807) is 6.07 Å². The Kier molecular flexibility index (Phi) is 6.48. The Morgan fingerprint density at radius 3 is 2.65 bits per heavy atom. The lowest BCUT2D eigenvalue weighted by atomic mass is 9.98. The molecule has 96 valence electrons. The summed E-state index contributed by atoms with van der Waals surface area (Å²) < 4.78 is 13.3. The Morgan fingerprint density at radius 1 is 1.24 bits per heavy atom. The number of piperidine rings is 1. The van der Waals surface area contributed by atoms with Gasteiger partial charge in [-0.25, -0.2) is 4.39 Å². The number of halogens is 2. The van der Waals surface area contributed by atoms with Gasteiger partial charge in [-0.1, -0.05) is 18.2 Å². The summed E-state index contributed by atoms with van der Waals surface area (Å²) in [5.41, 5.74) is 0.761. The second-order valence-electron chi connectivity index (χ2n) is 4.42. The minimum Gasteiger partial charge on any atom is -0.317 e. The van der Waals surface area contributed by atoms with E-state index < -0.39 is 0 Å². The van der Waals surface area contributed by atoms with Gasteiger partial charge in [0, 0.05) is 12.1 Å². The lowest BCUT2D eigenvalue weighted by Gasteiger charge is -2.22. The molecule has 17 heavy (non-hydrogen) atoms. The van der Waals surface area contributed by atoms with Crippen molar-refractivity contribution in [2.45, 2.75) is 19.4 Å². The maximum absolute atomic E-state index is 13.3. The zero-order chi connectivity index (χ0) is 11.2. The maximum atomic E-state index is 13.3. The van der Waals surface area contributed by atoms with Gasteiger partial charge in [0.1, 0.15) is 5.82 Å². The Hall–Kier alpha value is -0.640. The minimum atomic E-state index is -0.111. The van der Waals surface area contributed by atoms with Crippen molar-refractivity contribution in [3.05, 3.63) is 35.6 Å². The van der Waals surface area contributed by atoms with Crippen LogP contribution in [0.3, 0.4) is 0 Å². The number of hydrogen-bond donors (Lipinski definition) is 2. The summed E-state index contributed by atoms with van der Waals surface area (Å²) in [7, 11) is 0. The van der Waals surface area contributed by atoms with Gasteiger partial charge in [0.15, 0.2) is 0 Å². The maximum Gasteiger partial charge on any atom is 0.127 e. The molecule has 2 N–H and O–H groups in total. The van der Waals surface area contributed by atoms with Crippen LogP contribution in [-0.4, -0.2) is 19.6 Å². The summed E-state index contributed by atoms with van der Waals surface area (Å²) in [4.78, 5) is 0. The average molecular weight is 259 g/mol. The van der Waals surface area contributed by atoms with Crippen LogP contribution < -0.4 is 10.6 Å². The van der Waals surface area contributed by atoms with Crippen LogP contribution in [0.1, 0.15) is 18.4 Å². The third-order valence-electron chi connectivity index (χ3n) is 3.17. The fourth-order valence-electron chi connectivity index (χ4n) is 2.14. The molecule has 0 saturated carbocycles. The summed E-state index contributed by atoms with van der Waals surface area (Å²) in [6, 6.07) is 6.96. The third-order valence-corrected chi connectivity index (χ3v) is 3.17. The van der Waals surface area contributed by atoms with Crippen LogP contribution in [0.15, 0.2) is 24.3 Å². The van der Waals surface area contributed by atoms with Crippen molar-refractivity contribution in [2.24, 2.45) is 5.92 Å². The van der Waals surface area contributed by atoms with Crippen molar-refractivity contribution in [3.8, 4) is 0 Å². The molecule has 0 aromatic heterocycles. The van der Waals surface area contributed by atoms with Crippen molar-refractivity contribution < 1.29 is 4.39 Å². The molecule has 0 aliphatic carbocycles. The molecule has 2 rings (SSSR count). The van der Waals surface area contributed by atoms with Crippen LogP contribution in [0.5, 0.6) is 0 Å². The highest BCUT2D eigenvalue weighted by Gasteiger charge is 2.12. The molecule has 1 heterocycles. The number of hydrogen-bond acceptors (Lipinski definition) is 2. The molecule has 0 atom stereocenters. The van der Waals surface area contributed by atoms with Crippen LogP contribution in [0.4, 0.5) is 4.39 Å². The van der Waals surface area contributed by atoms with Gasteiger partial charge in [0.05, 0.1) is 0 Å². The Morgan fingerprint density at radius 2 is 1.94 bits per heavy atom. The van der Waals surface area contributed by atoms with E-state index >= 15 is 0 Å². The summed E-state index contributed by atoms with van der Waals surface area (Å²) in [5.74, 6) is 0.633. The normalized spacial score (nSPS) is 16.5. The van der Waals surface area contributed by atoms with Crippen LogP contribution in [0.2, 0.25) is 0 Å². The molecule has 4 heteroatoms. The van der Waals surface area contributed by atoms with E-state index in [0.29, 0.717) is 6.54 Å². The largest absolute Gasteiger partial charge is 0.317 e. The molecule has 1 saturated heterocycles. The van der Waals surface area contributed by atoms with Crippen molar-refractivity contribution in [3.63, 3.8) is 0 Å². The lowest BCUT2D eigenvalue weighted by molar-refractivity contribution is 0.355. The predicted molar refractivity (Wildman–Crippen MR) is 70.9 cm³/mol. The summed E-state index contributed by atoms with van der Waals surface area (Å²) in [6.45, 7) is 3.87.